The van der Waals surface area contributed by atoms with Crippen molar-refractivity contribution >= 4 is 21.7 Å². The zero-order valence-corrected chi connectivity index (χ0v) is 31.0. The van der Waals surface area contributed by atoms with Crippen molar-refractivity contribution in [3.63, 3.8) is 0 Å². The third-order valence-electron chi connectivity index (χ3n) is 11.1. The molecule has 2 heterocycles. The number of nitrogens with zero attached hydrogens (tertiary/aromatic N) is 2. The van der Waals surface area contributed by atoms with E-state index < -0.39 is 90.5 Å². The summed E-state index contributed by atoms with van der Waals surface area (Å²) in [5, 5.41) is 0. The summed E-state index contributed by atoms with van der Waals surface area (Å²) < 4.78 is 163. The number of benzene rings is 4. The Morgan fingerprint density at radius 3 is 1.75 bits per heavy atom. The number of amides is 2. The molecule has 7 nitrogen and oxygen atoms in total. The van der Waals surface area contributed by atoms with Gasteiger partial charge in [-0.15, -0.1) is 0 Å². The van der Waals surface area contributed by atoms with Gasteiger partial charge in [-0.3, -0.25) is 9.59 Å². The molecule has 304 valence electrons. The number of likely N-dealkylation sites (tertiary alicyclic amines) is 2. The van der Waals surface area contributed by atoms with Crippen molar-refractivity contribution in [3.05, 3.63) is 137 Å². The molecule has 1 atom stereocenters. The minimum atomic E-state index is -6.26. The molecule has 57 heavy (non-hydrogen) atoms. The van der Waals surface area contributed by atoms with Gasteiger partial charge in [0.25, 0.3) is 5.60 Å². The number of halogens is 9. The van der Waals surface area contributed by atoms with Gasteiger partial charge in [0.2, 0.25) is 11.8 Å². The molecule has 6 rings (SSSR count). The number of carbonyl (C=O) groups excluding carboxylic acids is 2. The average Bonchev–Trinajstić information content (AvgIpc) is 3.63. The largest absolute Gasteiger partial charge is 0.430 e. The Hall–Kier alpha value is -4.90. The van der Waals surface area contributed by atoms with Crippen molar-refractivity contribution in [1.29, 1.82) is 0 Å². The van der Waals surface area contributed by atoms with Crippen molar-refractivity contribution < 1.29 is 62.3 Å². The molecule has 0 saturated carbocycles. The van der Waals surface area contributed by atoms with E-state index in [2.05, 4.69) is 4.74 Å². The third kappa shape index (κ3) is 7.17. The Balaban J connectivity index is 1.45. The average molecular weight is 827 g/mol. The van der Waals surface area contributed by atoms with Crippen molar-refractivity contribution in [2.24, 2.45) is 0 Å². The molecule has 1 unspecified atom stereocenters. The summed E-state index contributed by atoms with van der Waals surface area (Å²) in [5.41, 5.74) is -8.79. The fourth-order valence-corrected chi connectivity index (χ4v) is 9.97. The van der Waals surface area contributed by atoms with Crippen molar-refractivity contribution in [1.82, 2.24) is 9.80 Å². The maximum Gasteiger partial charge on any atom is 0.430 e. The Labute approximate surface area is 322 Å². The molecule has 2 aliphatic heterocycles. The lowest BCUT2D eigenvalue weighted by atomic mass is 9.71. The second kappa shape index (κ2) is 15.1. The van der Waals surface area contributed by atoms with Crippen LogP contribution in [0.3, 0.4) is 0 Å². The van der Waals surface area contributed by atoms with Gasteiger partial charge in [0.1, 0.15) is 22.2 Å². The van der Waals surface area contributed by atoms with E-state index in [1.54, 1.807) is 35.2 Å². The lowest BCUT2D eigenvalue weighted by Gasteiger charge is -2.43. The lowest BCUT2D eigenvalue weighted by molar-refractivity contribution is -0.392. The molecule has 2 aliphatic rings. The molecule has 2 fully saturated rings. The van der Waals surface area contributed by atoms with Crippen LogP contribution in [0.4, 0.5) is 39.5 Å². The van der Waals surface area contributed by atoms with Gasteiger partial charge in [-0.2, -0.15) is 26.3 Å². The number of hydrogen-bond donors (Lipinski definition) is 0. The second-order valence-electron chi connectivity index (χ2n) is 14.1. The smallest absolute Gasteiger partial charge is 0.349 e. The molecule has 17 heteroatoms. The van der Waals surface area contributed by atoms with Gasteiger partial charge < -0.3 is 14.5 Å². The summed E-state index contributed by atoms with van der Waals surface area (Å²) in [6, 6.07) is 16.7. The summed E-state index contributed by atoms with van der Waals surface area (Å²) >= 11 is 0. The van der Waals surface area contributed by atoms with E-state index in [9.17, 15) is 57.5 Å². The van der Waals surface area contributed by atoms with Gasteiger partial charge in [0, 0.05) is 44.2 Å². The minimum absolute atomic E-state index is 0.173. The van der Waals surface area contributed by atoms with Crippen LogP contribution in [0, 0.1) is 17.5 Å². The van der Waals surface area contributed by atoms with E-state index in [1.807, 2.05) is 0 Å². The quantitative estimate of drug-likeness (QED) is 0.126. The third-order valence-corrected chi connectivity index (χ3v) is 13.6. The number of sulfone groups is 1. The van der Waals surface area contributed by atoms with Crippen LogP contribution >= 0.6 is 0 Å². The highest BCUT2D eigenvalue weighted by Gasteiger charge is 2.73. The van der Waals surface area contributed by atoms with Gasteiger partial charge in [-0.1, -0.05) is 60.7 Å². The van der Waals surface area contributed by atoms with Crippen molar-refractivity contribution in [2.45, 2.75) is 65.8 Å². The Kier molecular flexibility index (Phi) is 11.1. The Morgan fingerprint density at radius 2 is 1.23 bits per heavy atom. The highest BCUT2D eigenvalue weighted by Crippen LogP contribution is 2.54. The zero-order chi connectivity index (χ0) is 41.6. The lowest BCUT2D eigenvalue weighted by Crippen LogP contribution is -2.56. The zero-order valence-electron chi connectivity index (χ0n) is 30.1. The van der Waals surface area contributed by atoms with Crippen LogP contribution in [0.1, 0.15) is 48.4 Å². The Morgan fingerprint density at radius 1 is 0.684 bits per heavy atom. The summed E-state index contributed by atoms with van der Waals surface area (Å²) in [4.78, 5) is 29.3. The molecule has 0 aliphatic carbocycles. The van der Waals surface area contributed by atoms with E-state index in [0.717, 1.165) is 42.5 Å². The first-order valence-electron chi connectivity index (χ1n) is 17.6. The minimum Gasteiger partial charge on any atom is -0.349 e. The summed E-state index contributed by atoms with van der Waals surface area (Å²) in [6.07, 6.45) is -12.5. The first kappa shape index (κ1) is 41.7. The molecule has 0 spiro atoms. The van der Waals surface area contributed by atoms with E-state index in [4.69, 9.17) is 0 Å². The van der Waals surface area contributed by atoms with Crippen molar-refractivity contribution in [2.75, 3.05) is 26.2 Å². The predicted molar refractivity (Wildman–Crippen MR) is 187 cm³/mol. The summed E-state index contributed by atoms with van der Waals surface area (Å²) in [6.45, 7) is -0.792. The molecule has 4 aromatic rings. The van der Waals surface area contributed by atoms with Crippen LogP contribution in [0.5, 0.6) is 0 Å². The van der Waals surface area contributed by atoms with E-state index in [1.165, 1.54) is 11.8 Å². The molecule has 4 aromatic carbocycles. The van der Waals surface area contributed by atoms with E-state index in [-0.39, 0.29) is 50.4 Å². The first-order chi connectivity index (χ1) is 26.7. The number of carbonyl (C=O) groups is 2. The molecule has 2 saturated heterocycles. The SMILES string of the molecule is CC(=O)N1CCC(C(=O)N2CCC(c3ccc(C(OCc4c(F)cccc4F)(C(F)(F)F)C(F)(F)F)cc3)(S(=O)(=O)c3ccc(F)cc3)C2)(c2ccccc2)CC1. The van der Waals surface area contributed by atoms with Crippen LogP contribution < -0.4 is 0 Å². The normalized spacial score (nSPS) is 19.1. The molecule has 0 N–H and O–H groups in total. The van der Waals surface area contributed by atoms with E-state index in [0.29, 0.717) is 29.8 Å². The van der Waals surface area contributed by atoms with Crippen LogP contribution in [-0.4, -0.2) is 68.6 Å². The highest BCUT2D eigenvalue weighted by molar-refractivity contribution is 7.92. The predicted octanol–water partition coefficient (Wildman–Crippen LogP) is 8.12. The van der Waals surface area contributed by atoms with Gasteiger partial charge in [-0.25, -0.2) is 21.6 Å². The molecular weight excluding hydrogens is 791 g/mol. The maximum absolute atomic E-state index is 14.7. The number of piperidine rings is 1. The molecular formula is C40H35F9N2O5S. The first-order valence-corrected chi connectivity index (χ1v) is 19.1. The van der Waals surface area contributed by atoms with Gasteiger partial charge in [-0.05, 0) is 66.8 Å². The topological polar surface area (TPSA) is 84.0 Å². The summed E-state index contributed by atoms with van der Waals surface area (Å²) in [7, 11) is -4.71. The number of hydrogen-bond acceptors (Lipinski definition) is 5. The van der Waals surface area contributed by atoms with Crippen molar-refractivity contribution in [3.8, 4) is 0 Å². The van der Waals surface area contributed by atoms with Crippen LogP contribution in [-0.2, 0) is 46.5 Å². The monoisotopic (exact) mass is 826 g/mol. The standard InChI is InChI=1S/C40H35F9N2O5S/c1-26(52)50-21-18-36(19-22-50,27-6-3-2-4-7-27)35(53)51-23-20-37(25-51,57(54,55)31-16-14-30(41)15-17-31)28-10-12-29(13-11-28)38(39(44,45)46,40(47,48)49)56-24-32-33(42)8-5-9-34(32)43/h2-17H,18-25H2,1H3. The molecule has 0 aromatic heterocycles. The van der Waals surface area contributed by atoms with Crippen LogP contribution in [0.15, 0.2) is 102 Å². The van der Waals surface area contributed by atoms with Crippen LogP contribution in [0.2, 0.25) is 0 Å². The highest BCUT2D eigenvalue weighted by atomic mass is 32.2. The summed E-state index contributed by atoms with van der Waals surface area (Å²) in [5.74, 6) is -4.39. The van der Waals surface area contributed by atoms with Gasteiger partial charge >= 0.3 is 12.4 Å². The van der Waals surface area contributed by atoms with Gasteiger partial charge in [0.15, 0.2) is 9.84 Å². The molecule has 0 bridgehead atoms. The Bertz CT molecular complexity index is 2190. The van der Waals surface area contributed by atoms with E-state index >= 15 is 0 Å². The number of ether oxygens (including phenoxy) is 1. The van der Waals surface area contributed by atoms with Gasteiger partial charge in [0.05, 0.1) is 16.9 Å². The fourth-order valence-electron chi connectivity index (χ4n) is 7.89. The number of rotatable bonds is 9. The fraction of sp³-hybridized carbons (Fsp3) is 0.350. The second-order valence-corrected chi connectivity index (χ2v) is 16.4. The van der Waals surface area contributed by atoms with Crippen LogP contribution in [0.25, 0.3) is 0 Å². The molecule has 2 amide bonds. The number of alkyl halides is 6. The molecule has 0 radical (unpaired) electrons. The maximum atomic E-state index is 14.7.